The molecule has 1 aliphatic heterocycles. The average molecular weight is 495 g/mol. The Morgan fingerprint density at radius 3 is 2.65 bits per heavy atom. The third-order valence-electron chi connectivity index (χ3n) is 5.74. The number of anilines is 2. The van der Waals surface area contributed by atoms with Crippen molar-refractivity contribution in [1.82, 2.24) is 24.5 Å². The van der Waals surface area contributed by atoms with Gasteiger partial charge in [-0.15, -0.1) is 0 Å². The van der Waals surface area contributed by atoms with Gasteiger partial charge in [-0.2, -0.15) is 14.6 Å². The molecule has 2 aromatic carbocycles. The second-order valence-electron chi connectivity index (χ2n) is 8.08. The normalized spacial score (nSPS) is 14.3. The molecule has 0 amide bonds. The molecule has 4 aromatic rings. The molecule has 5 rings (SSSR count). The number of nitrogens with zero attached hydrogens (tertiary/aromatic N) is 5. The lowest BCUT2D eigenvalue weighted by molar-refractivity contribution is 0.338. The van der Waals surface area contributed by atoms with Crippen LogP contribution in [0.5, 0.6) is 5.75 Å². The topological polar surface area (TPSA) is 67.6 Å². The summed E-state index contributed by atoms with van der Waals surface area (Å²) in [7, 11) is 2.13. The minimum atomic E-state index is 0.421. The van der Waals surface area contributed by atoms with Gasteiger partial charge in [0.25, 0.3) is 0 Å². The number of aromatic nitrogens is 4. The molecule has 0 unspecified atom stereocenters. The molecule has 34 heavy (non-hydrogen) atoms. The van der Waals surface area contributed by atoms with E-state index in [1.54, 1.807) is 28.9 Å². The van der Waals surface area contributed by atoms with Crippen LogP contribution in [0, 0.1) is 0 Å². The molecule has 3 heterocycles. The van der Waals surface area contributed by atoms with Crippen LogP contribution in [0.4, 0.5) is 11.6 Å². The minimum absolute atomic E-state index is 0.421. The molecule has 1 N–H and O–H groups in total. The zero-order chi connectivity index (χ0) is 23.7. The van der Waals surface area contributed by atoms with Crippen LogP contribution in [-0.2, 0) is 0 Å². The van der Waals surface area contributed by atoms with Gasteiger partial charge in [0.2, 0.25) is 5.95 Å². The van der Waals surface area contributed by atoms with Gasteiger partial charge in [-0.25, -0.2) is 4.98 Å². The number of rotatable bonds is 6. The van der Waals surface area contributed by atoms with E-state index in [9.17, 15) is 0 Å². The third-order valence-corrected chi connectivity index (χ3v) is 6.37. The molecule has 9 heteroatoms. The monoisotopic (exact) mass is 494 g/mol. The lowest BCUT2D eigenvalue weighted by atomic mass is 9.98. The fourth-order valence-corrected chi connectivity index (χ4v) is 4.58. The molecule has 1 aliphatic rings. The first kappa shape index (κ1) is 22.7. The van der Waals surface area contributed by atoms with Crippen LogP contribution in [0.1, 0.15) is 18.9 Å². The molecule has 0 saturated carbocycles. The lowest BCUT2D eigenvalue weighted by Crippen LogP contribution is -2.23. The van der Waals surface area contributed by atoms with Gasteiger partial charge in [0.15, 0.2) is 11.5 Å². The third kappa shape index (κ3) is 4.46. The summed E-state index contributed by atoms with van der Waals surface area (Å²) in [6, 6.07) is 13.3. The first-order chi connectivity index (χ1) is 16.5. The number of nitrogens with one attached hydrogen (secondary N) is 1. The van der Waals surface area contributed by atoms with E-state index in [1.807, 2.05) is 25.1 Å². The van der Waals surface area contributed by atoms with Crippen molar-refractivity contribution in [2.45, 2.75) is 13.3 Å². The van der Waals surface area contributed by atoms with Crippen molar-refractivity contribution in [2.75, 3.05) is 32.1 Å². The van der Waals surface area contributed by atoms with Crippen LogP contribution < -0.4 is 10.1 Å². The molecule has 0 saturated heterocycles. The molecule has 0 bridgehead atoms. The van der Waals surface area contributed by atoms with Gasteiger partial charge >= 0.3 is 0 Å². The Hall–Kier alpha value is -3.13. The van der Waals surface area contributed by atoms with Crippen LogP contribution in [0.15, 0.2) is 54.7 Å². The summed E-state index contributed by atoms with van der Waals surface area (Å²) in [6.07, 6.45) is 4.94. The molecule has 0 aliphatic carbocycles. The van der Waals surface area contributed by atoms with Crippen LogP contribution >= 0.6 is 23.2 Å². The van der Waals surface area contributed by atoms with Crippen molar-refractivity contribution in [1.29, 1.82) is 0 Å². The van der Waals surface area contributed by atoms with Crippen molar-refractivity contribution in [3.05, 3.63) is 70.3 Å². The Kier molecular flexibility index (Phi) is 6.41. The Bertz CT molecular complexity index is 1360. The fraction of sp³-hybridized carbons (Fsp3) is 0.240. The maximum atomic E-state index is 6.43. The highest BCUT2D eigenvalue weighted by Crippen LogP contribution is 2.35. The van der Waals surface area contributed by atoms with Gasteiger partial charge in [0.1, 0.15) is 5.75 Å². The van der Waals surface area contributed by atoms with E-state index >= 15 is 0 Å². The standard InChI is InChI=1S/C25H24Cl2N6O/c1-3-34-21-15-17(7-8-18(21)16-10-13-32(2)14-11-16)29-25-31-24(30-22-9-12-28-33(22)25)23-19(26)5-4-6-20(23)27/h4-10,12,15H,3,11,13-14H2,1-2H3,(H,29,30,31). The smallest absolute Gasteiger partial charge is 0.232 e. The summed E-state index contributed by atoms with van der Waals surface area (Å²) >= 11 is 12.9. The van der Waals surface area contributed by atoms with Crippen molar-refractivity contribution in [3.63, 3.8) is 0 Å². The van der Waals surface area contributed by atoms with E-state index in [0.29, 0.717) is 39.6 Å². The quantitative estimate of drug-likeness (QED) is 0.356. The maximum absolute atomic E-state index is 6.43. The molecule has 0 fully saturated rings. The number of halogens is 2. The summed E-state index contributed by atoms with van der Waals surface area (Å²) in [5.41, 5.74) is 4.46. The first-order valence-corrected chi connectivity index (χ1v) is 11.9. The minimum Gasteiger partial charge on any atom is -0.493 e. The Labute approximate surface area is 208 Å². The van der Waals surface area contributed by atoms with E-state index in [2.05, 4.69) is 39.5 Å². The van der Waals surface area contributed by atoms with Gasteiger partial charge < -0.3 is 15.0 Å². The van der Waals surface area contributed by atoms with Crippen molar-refractivity contribution < 1.29 is 4.74 Å². The zero-order valence-corrected chi connectivity index (χ0v) is 20.4. The summed E-state index contributed by atoms with van der Waals surface area (Å²) < 4.78 is 7.65. The van der Waals surface area contributed by atoms with Crippen LogP contribution in [0.2, 0.25) is 10.0 Å². The highest BCUT2D eigenvalue weighted by molar-refractivity contribution is 6.39. The van der Waals surface area contributed by atoms with Gasteiger partial charge in [-0.1, -0.05) is 35.3 Å². The van der Waals surface area contributed by atoms with Crippen molar-refractivity contribution >= 4 is 46.1 Å². The fourth-order valence-electron chi connectivity index (χ4n) is 4.01. The number of ether oxygens (including phenoxy) is 1. The molecule has 2 aromatic heterocycles. The summed E-state index contributed by atoms with van der Waals surface area (Å²) in [5, 5.41) is 8.71. The molecular formula is C25H24Cl2N6O. The molecule has 0 atom stereocenters. The molecule has 0 radical (unpaired) electrons. The second-order valence-corrected chi connectivity index (χ2v) is 8.89. The molecule has 174 valence electrons. The SMILES string of the molecule is CCOc1cc(Nc2nc(-c3c(Cl)cccc3Cl)nc3ccnn23)ccc1C1=CCN(C)CC1. The summed E-state index contributed by atoms with van der Waals surface area (Å²) in [4.78, 5) is 11.6. The highest BCUT2D eigenvalue weighted by Gasteiger charge is 2.18. The van der Waals surface area contributed by atoms with Crippen molar-refractivity contribution in [3.8, 4) is 17.1 Å². The number of likely N-dealkylation sites (N-methyl/N-ethyl adjacent to an activating group) is 1. The van der Waals surface area contributed by atoms with Gasteiger partial charge in [0, 0.05) is 36.5 Å². The number of hydrogen-bond donors (Lipinski definition) is 1. The highest BCUT2D eigenvalue weighted by atomic mass is 35.5. The lowest BCUT2D eigenvalue weighted by Gasteiger charge is -2.23. The maximum Gasteiger partial charge on any atom is 0.232 e. The van der Waals surface area contributed by atoms with Crippen molar-refractivity contribution in [2.24, 2.45) is 0 Å². The van der Waals surface area contributed by atoms with E-state index in [4.69, 9.17) is 32.9 Å². The van der Waals surface area contributed by atoms with Crippen LogP contribution in [-0.4, -0.2) is 51.2 Å². The van der Waals surface area contributed by atoms with Gasteiger partial charge in [-0.3, -0.25) is 0 Å². The summed E-state index contributed by atoms with van der Waals surface area (Å²) in [6.45, 7) is 4.54. The van der Waals surface area contributed by atoms with E-state index < -0.39 is 0 Å². The molecule has 7 nitrogen and oxygen atoms in total. The second kappa shape index (κ2) is 9.62. The Balaban J connectivity index is 1.54. The zero-order valence-electron chi connectivity index (χ0n) is 18.9. The van der Waals surface area contributed by atoms with E-state index in [-0.39, 0.29) is 0 Å². The predicted octanol–water partition coefficient (Wildman–Crippen LogP) is 5.96. The van der Waals surface area contributed by atoms with Crippen LogP contribution in [0.25, 0.3) is 22.6 Å². The van der Waals surface area contributed by atoms with Crippen LogP contribution in [0.3, 0.4) is 0 Å². The molecule has 0 spiro atoms. The number of hydrogen-bond acceptors (Lipinski definition) is 6. The largest absolute Gasteiger partial charge is 0.493 e. The number of benzene rings is 2. The first-order valence-electron chi connectivity index (χ1n) is 11.1. The molecular weight excluding hydrogens is 471 g/mol. The Morgan fingerprint density at radius 1 is 1.09 bits per heavy atom. The van der Waals surface area contributed by atoms with E-state index in [1.165, 1.54) is 5.57 Å². The Morgan fingerprint density at radius 2 is 1.91 bits per heavy atom. The number of fused-ring (bicyclic) bond motifs is 1. The van der Waals surface area contributed by atoms with Gasteiger partial charge in [-0.05, 0) is 50.2 Å². The summed E-state index contributed by atoms with van der Waals surface area (Å²) in [5.74, 6) is 1.75. The average Bonchev–Trinajstić information content (AvgIpc) is 3.29. The van der Waals surface area contributed by atoms with E-state index in [0.717, 1.165) is 36.5 Å². The predicted molar refractivity (Wildman–Crippen MR) is 137 cm³/mol. The van der Waals surface area contributed by atoms with Gasteiger partial charge in [0.05, 0.1) is 28.4 Å².